The molecule has 4 rings (SSSR count). The minimum absolute atomic E-state index is 0.0815. The number of nitrogens with zero attached hydrogens (tertiary/aromatic N) is 1. The van der Waals surface area contributed by atoms with Crippen LogP contribution >= 0.6 is 11.3 Å². The number of carbonyl (C=O) groups excluding carboxylic acids is 1. The van der Waals surface area contributed by atoms with Crippen LogP contribution < -0.4 is 11.1 Å². The molecule has 3 N–H and O–H groups in total. The van der Waals surface area contributed by atoms with Crippen LogP contribution in [0.15, 0.2) is 36.4 Å². The van der Waals surface area contributed by atoms with Gasteiger partial charge in [0.2, 0.25) is 0 Å². The van der Waals surface area contributed by atoms with Crippen LogP contribution in [0.1, 0.15) is 66.7 Å². The third-order valence-electron chi connectivity index (χ3n) is 6.16. The SMILES string of the molecule is CC(NC(=O)c1sc2nc3c(cc2c1N)CC(C(C)(C)C)CC3)c1ccccc1. The van der Waals surface area contributed by atoms with E-state index in [0.29, 0.717) is 16.5 Å². The molecule has 2 aromatic heterocycles. The van der Waals surface area contributed by atoms with Crippen LogP contribution in [-0.4, -0.2) is 10.9 Å². The molecule has 2 unspecified atom stereocenters. The van der Waals surface area contributed by atoms with Crippen molar-refractivity contribution in [2.45, 2.75) is 53.0 Å². The van der Waals surface area contributed by atoms with E-state index in [1.54, 1.807) is 0 Å². The van der Waals surface area contributed by atoms with Gasteiger partial charge in [0.15, 0.2) is 0 Å². The molecule has 1 aromatic carbocycles. The second kappa shape index (κ2) is 7.45. The molecule has 1 aliphatic rings. The van der Waals surface area contributed by atoms with Crippen molar-refractivity contribution in [3.63, 3.8) is 0 Å². The van der Waals surface area contributed by atoms with Crippen molar-refractivity contribution >= 4 is 33.1 Å². The Balaban J connectivity index is 1.62. The molecule has 2 heterocycles. The Bertz CT molecular complexity index is 1050. The van der Waals surface area contributed by atoms with E-state index in [2.05, 4.69) is 32.2 Å². The number of benzene rings is 1. The number of hydrogen-bond acceptors (Lipinski definition) is 4. The Morgan fingerprint density at radius 2 is 2.00 bits per heavy atom. The molecule has 5 heteroatoms. The Hall–Kier alpha value is -2.40. The van der Waals surface area contributed by atoms with E-state index >= 15 is 0 Å². The van der Waals surface area contributed by atoms with Gasteiger partial charge in [0, 0.05) is 11.1 Å². The maximum Gasteiger partial charge on any atom is 0.264 e. The van der Waals surface area contributed by atoms with Crippen LogP contribution in [0.2, 0.25) is 0 Å². The number of nitrogen functional groups attached to an aromatic ring is 1. The number of carbonyl (C=O) groups is 1. The van der Waals surface area contributed by atoms with Crippen molar-refractivity contribution in [3.05, 3.63) is 58.1 Å². The summed E-state index contributed by atoms with van der Waals surface area (Å²) in [5.41, 5.74) is 10.8. The number of hydrogen-bond donors (Lipinski definition) is 2. The normalized spacial score (nSPS) is 17.7. The zero-order valence-electron chi connectivity index (χ0n) is 17.6. The summed E-state index contributed by atoms with van der Waals surface area (Å²) in [6.07, 6.45) is 3.19. The van der Waals surface area contributed by atoms with E-state index in [4.69, 9.17) is 10.7 Å². The number of nitrogens with one attached hydrogen (secondary N) is 1. The average molecular weight is 408 g/mol. The van der Waals surface area contributed by atoms with Crippen LogP contribution in [0.5, 0.6) is 0 Å². The molecule has 4 nitrogen and oxygen atoms in total. The first-order valence-corrected chi connectivity index (χ1v) is 11.1. The van der Waals surface area contributed by atoms with Gasteiger partial charge in [-0.25, -0.2) is 4.98 Å². The molecule has 0 spiro atoms. The van der Waals surface area contributed by atoms with E-state index in [9.17, 15) is 4.79 Å². The lowest BCUT2D eigenvalue weighted by Gasteiger charge is -2.34. The third kappa shape index (κ3) is 3.88. The first-order chi connectivity index (χ1) is 13.7. The van der Waals surface area contributed by atoms with E-state index < -0.39 is 0 Å². The minimum Gasteiger partial charge on any atom is -0.397 e. The van der Waals surface area contributed by atoms with Crippen LogP contribution in [0.25, 0.3) is 10.2 Å². The molecule has 0 aliphatic heterocycles. The fourth-order valence-corrected chi connectivity index (χ4v) is 5.18. The van der Waals surface area contributed by atoms with E-state index in [0.717, 1.165) is 35.0 Å². The molecule has 29 heavy (non-hydrogen) atoms. The predicted molar refractivity (Wildman–Crippen MR) is 121 cm³/mol. The number of anilines is 1. The van der Waals surface area contributed by atoms with Crippen LogP contribution in [0.3, 0.4) is 0 Å². The summed E-state index contributed by atoms with van der Waals surface area (Å²) >= 11 is 1.40. The Morgan fingerprint density at radius 3 is 2.69 bits per heavy atom. The molecule has 0 radical (unpaired) electrons. The van der Waals surface area contributed by atoms with Crippen LogP contribution in [0.4, 0.5) is 5.69 Å². The van der Waals surface area contributed by atoms with Crippen molar-refractivity contribution < 1.29 is 4.79 Å². The number of rotatable bonds is 3. The van der Waals surface area contributed by atoms with Gasteiger partial charge in [-0.05, 0) is 54.7 Å². The van der Waals surface area contributed by atoms with E-state index in [1.165, 1.54) is 22.6 Å². The highest BCUT2D eigenvalue weighted by Crippen LogP contribution is 2.40. The number of fused-ring (bicyclic) bond motifs is 2. The zero-order chi connectivity index (χ0) is 20.8. The monoisotopic (exact) mass is 407 g/mol. The maximum absolute atomic E-state index is 12.9. The highest BCUT2D eigenvalue weighted by Gasteiger charge is 2.30. The summed E-state index contributed by atoms with van der Waals surface area (Å²) in [5, 5.41) is 3.99. The predicted octanol–water partition coefficient (Wildman–Crippen LogP) is 5.52. The second-order valence-electron chi connectivity index (χ2n) is 9.20. The lowest BCUT2D eigenvalue weighted by molar-refractivity contribution is 0.0945. The van der Waals surface area contributed by atoms with Gasteiger partial charge in [-0.1, -0.05) is 51.1 Å². The highest BCUT2D eigenvalue weighted by atomic mass is 32.1. The molecule has 3 aromatic rings. The summed E-state index contributed by atoms with van der Waals surface area (Å²) in [4.78, 5) is 19.2. The summed E-state index contributed by atoms with van der Waals surface area (Å²) in [7, 11) is 0. The Kier molecular flexibility index (Phi) is 5.11. The van der Waals surface area contributed by atoms with Crippen molar-refractivity contribution in [2.75, 3.05) is 5.73 Å². The van der Waals surface area contributed by atoms with Crippen LogP contribution in [-0.2, 0) is 12.8 Å². The molecule has 0 saturated carbocycles. The number of aromatic nitrogens is 1. The summed E-state index contributed by atoms with van der Waals surface area (Å²) in [5.74, 6) is 0.510. The van der Waals surface area contributed by atoms with Gasteiger partial charge >= 0.3 is 0 Å². The lowest BCUT2D eigenvalue weighted by atomic mass is 9.71. The molecular formula is C24H29N3OS. The minimum atomic E-state index is -0.132. The van der Waals surface area contributed by atoms with Gasteiger partial charge in [-0.2, -0.15) is 0 Å². The first kappa shape index (κ1) is 19.9. The lowest BCUT2D eigenvalue weighted by Crippen LogP contribution is -2.27. The second-order valence-corrected chi connectivity index (χ2v) is 10.2. The molecule has 2 atom stereocenters. The van der Waals surface area contributed by atoms with Gasteiger partial charge in [0.25, 0.3) is 5.91 Å². The largest absolute Gasteiger partial charge is 0.397 e. The first-order valence-electron chi connectivity index (χ1n) is 10.3. The maximum atomic E-state index is 12.9. The molecule has 0 bridgehead atoms. The fourth-order valence-electron chi connectivity index (χ4n) is 4.19. The molecule has 1 amide bonds. The van der Waals surface area contributed by atoms with Crippen molar-refractivity contribution in [1.82, 2.24) is 10.3 Å². The van der Waals surface area contributed by atoms with Crippen molar-refractivity contribution in [3.8, 4) is 0 Å². The molecule has 0 fully saturated rings. The summed E-state index contributed by atoms with van der Waals surface area (Å²) in [6.45, 7) is 8.91. The van der Waals surface area contributed by atoms with Gasteiger partial charge < -0.3 is 11.1 Å². The highest BCUT2D eigenvalue weighted by molar-refractivity contribution is 7.21. The molecular weight excluding hydrogens is 378 g/mol. The van der Waals surface area contributed by atoms with Crippen molar-refractivity contribution in [1.29, 1.82) is 0 Å². The van der Waals surface area contributed by atoms with E-state index in [1.807, 2.05) is 37.3 Å². The molecule has 1 aliphatic carbocycles. The number of pyridine rings is 1. The summed E-state index contributed by atoms with van der Waals surface area (Å²) < 4.78 is 0. The van der Waals surface area contributed by atoms with Gasteiger partial charge in [-0.3, -0.25) is 4.79 Å². The average Bonchev–Trinajstić information content (AvgIpc) is 3.01. The standard InChI is InChI=1S/C24H29N3OS/c1-14(15-8-6-5-7-9-15)26-22(28)21-20(25)18-13-16-12-17(24(2,3)4)10-11-19(16)27-23(18)29-21/h5-9,13-14,17H,10-12,25H2,1-4H3,(H,26,28). The molecule has 152 valence electrons. The number of aryl methyl sites for hydroxylation is 1. The van der Waals surface area contributed by atoms with Gasteiger partial charge in [0.05, 0.1) is 11.7 Å². The Labute approximate surface area is 176 Å². The van der Waals surface area contributed by atoms with E-state index in [-0.39, 0.29) is 17.4 Å². The fraction of sp³-hybridized carbons (Fsp3) is 0.417. The number of amides is 1. The van der Waals surface area contributed by atoms with Crippen LogP contribution in [0, 0.1) is 11.3 Å². The smallest absolute Gasteiger partial charge is 0.264 e. The summed E-state index contributed by atoms with van der Waals surface area (Å²) in [6, 6.07) is 12.1. The topological polar surface area (TPSA) is 68.0 Å². The van der Waals surface area contributed by atoms with Crippen molar-refractivity contribution in [2.24, 2.45) is 11.3 Å². The molecule has 0 saturated heterocycles. The van der Waals surface area contributed by atoms with Gasteiger partial charge in [0.1, 0.15) is 9.71 Å². The zero-order valence-corrected chi connectivity index (χ0v) is 18.4. The number of thiophene rings is 1. The quantitative estimate of drug-likeness (QED) is 0.600. The Morgan fingerprint density at radius 1 is 1.28 bits per heavy atom. The number of nitrogens with two attached hydrogens (primary N) is 1. The van der Waals surface area contributed by atoms with Gasteiger partial charge in [-0.15, -0.1) is 11.3 Å². The third-order valence-corrected chi connectivity index (χ3v) is 7.28.